The number of benzene rings is 1. The molecule has 6 heteroatoms. The van der Waals surface area contributed by atoms with Gasteiger partial charge in [0.05, 0.1) is 19.6 Å². The third-order valence-corrected chi connectivity index (χ3v) is 5.47. The van der Waals surface area contributed by atoms with Gasteiger partial charge in [-0.1, -0.05) is 0 Å². The molecule has 0 amide bonds. The topological polar surface area (TPSA) is 58.5 Å². The SMILES string of the molecule is COc1ccc2[nH]cc(C3CCN(c4nccn5cncc45)CC3)c2c1. The van der Waals surface area contributed by atoms with E-state index in [2.05, 4.69) is 38.2 Å². The number of imidazole rings is 1. The van der Waals surface area contributed by atoms with Crippen molar-refractivity contribution in [2.75, 3.05) is 25.1 Å². The van der Waals surface area contributed by atoms with Crippen molar-refractivity contribution in [2.24, 2.45) is 0 Å². The Morgan fingerprint density at radius 3 is 2.96 bits per heavy atom. The second-order valence-corrected chi connectivity index (χ2v) is 6.85. The van der Waals surface area contributed by atoms with Crippen LogP contribution in [0.1, 0.15) is 24.3 Å². The zero-order valence-electron chi connectivity index (χ0n) is 14.7. The average Bonchev–Trinajstić information content (AvgIpc) is 3.34. The highest BCUT2D eigenvalue weighted by atomic mass is 16.5. The zero-order chi connectivity index (χ0) is 17.5. The van der Waals surface area contributed by atoms with Crippen LogP contribution in [0, 0.1) is 0 Å². The lowest BCUT2D eigenvalue weighted by molar-refractivity contribution is 0.415. The van der Waals surface area contributed by atoms with Crippen LogP contribution < -0.4 is 9.64 Å². The molecule has 6 nitrogen and oxygen atoms in total. The van der Waals surface area contributed by atoms with Gasteiger partial charge >= 0.3 is 0 Å². The van der Waals surface area contributed by atoms with Crippen molar-refractivity contribution in [3.8, 4) is 5.75 Å². The highest BCUT2D eigenvalue weighted by Crippen LogP contribution is 2.36. The van der Waals surface area contributed by atoms with Crippen LogP contribution in [0.4, 0.5) is 5.82 Å². The van der Waals surface area contributed by atoms with Crippen LogP contribution in [0.3, 0.4) is 0 Å². The van der Waals surface area contributed by atoms with Gasteiger partial charge in [-0.05, 0) is 42.5 Å². The number of fused-ring (bicyclic) bond motifs is 2. The number of anilines is 1. The van der Waals surface area contributed by atoms with Gasteiger partial charge in [-0.2, -0.15) is 0 Å². The number of nitrogens with one attached hydrogen (secondary N) is 1. The van der Waals surface area contributed by atoms with Crippen molar-refractivity contribution in [1.29, 1.82) is 0 Å². The number of rotatable bonds is 3. The second-order valence-electron chi connectivity index (χ2n) is 6.85. The molecule has 0 atom stereocenters. The number of aromatic amines is 1. The Morgan fingerprint density at radius 2 is 2.12 bits per heavy atom. The van der Waals surface area contributed by atoms with E-state index in [0.717, 1.165) is 43.0 Å². The molecule has 0 radical (unpaired) electrons. The molecule has 1 fully saturated rings. The monoisotopic (exact) mass is 347 g/mol. The van der Waals surface area contributed by atoms with Crippen LogP contribution in [0.15, 0.2) is 49.3 Å². The molecule has 0 unspecified atom stereocenters. The summed E-state index contributed by atoms with van der Waals surface area (Å²) in [6, 6.07) is 6.24. The molecule has 0 aliphatic carbocycles. The molecule has 4 heterocycles. The third-order valence-electron chi connectivity index (χ3n) is 5.47. The molecule has 5 rings (SSSR count). The van der Waals surface area contributed by atoms with Gasteiger partial charge in [-0.3, -0.25) is 0 Å². The molecular weight excluding hydrogens is 326 g/mol. The number of ether oxygens (including phenoxy) is 1. The summed E-state index contributed by atoms with van der Waals surface area (Å²) >= 11 is 0. The molecular formula is C20H21N5O. The molecule has 132 valence electrons. The number of piperidine rings is 1. The van der Waals surface area contributed by atoms with Crippen molar-refractivity contribution in [3.63, 3.8) is 0 Å². The number of methoxy groups -OCH3 is 1. The van der Waals surface area contributed by atoms with Crippen molar-refractivity contribution in [2.45, 2.75) is 18.8 Å². The van der Waals surface area contributed by atoms with Gasteiger partial charge < -0.3 is 19.0 Å². The molecule has 1 saturated heterocycles. The molecule has 0 spiro atoms. The van der Waals surface area contributed by atoms with Gasteiger partial charge in [0.25, 0.3) is 0 Å². The molecule has 3 aromatic heterocycles. The summed E-state index contributed by atoms with van der Waals surface area (Å²) in [5, 5.41) is 1.28. The Bertz CT molecular complexity index is 1060. The van der Waals surface area contributed by atoms with E-state index in [1.54, 1.807) is 7.11 Å². The quantitative estimate of drug-likeness (QED) is 0.615. The van der Waals surface area contributed by atoms with Crippen molar-refractivity contribution in [1.82, 2.24) is 19.4 Å². The van der Waals surface area contributed by atoms with E-state index >= 15 is 0 Å². The van der Waals surface area contributed by atoms with E-state index in [4.69, 9.17) is 4.74 Å². The van der Waals surface area contributed by atoms with Crippen molar-refractivity contribution < 1.29 is 4.74 Å². The van der Waals surface area contributed by atoms with Gasteiger partial charge in [0.15, 0.2) is 5.82 Å². The Labute approximate surface area is 151 Å². The third kappa shape index (κ3) is 2.41. The minimum Gasteiger partial charge on any atom is -0.497 e. The summed E-state index contributed by atoms with van der Waals surface area (Å²) in [7, 11) is 1.72. The van der Waals surface area contributed by atoms with Crippen LogP contribution in [-0.2, 0) is 0 Å². The Hall–Kier alpha value is -3.02. The largest absolute Gasteiger partial charge is 0.497 e. The Kier molecular flexibility index (Phi) is 3.55. The van der Waals surface area contributed by atoms with E-state index in [1.165, 1.54) is 16.5 Å². The van der Waals surface area contributed by atoms with Crippen LogP contribution in [-0.4, -0.2) is 39.6 Å². The second kappa shape index (κ2) is 6.05. The molecule has 1 aliphatic heterocycles. The van der Waals surface area contributed by atoms with Gasteiger partial charge in [-0.15, -0.1) is 0 Å². The normalized spacial score (nSPS) is 15.8. The maximum absolute atomic E-state index is 5.40. The predicted octanol–water partition coefficient (Wildman–Crippen LogP) is 3.60. The van der Waals surface area contributed by atoms with E-state index in [9.17, 15) is 0 Å². The maximum atomic E-state index is 5.40. The lowest BCUT2D eigenvalue weighted by Gasteiger charge is -2.33. The average molecular weight is 347 g/mol. The first-order chi connectivity index (χ1) is 12.8. The summed E-state index contributed by atoms with van der Waals surface area (Å²) in [6.07, 6.45) is 11.9. The van der Waals surface area contributed by atoms with Crippen LogP contribution in [0.25, 0.3) is 16.4 Å². The maximum Gasteiger partial charge on any atom is 0.154 e. The standard InChI is InChI=1S/C20H21N5O/c1-26-15-2-3-18-16(10-15)17(11-23-18)14-4-7-24(8-5-14)20-19-12-21-13-25(19)9-6-22-20/h2-3,6,9-14,23H,4-5,7-8H2,1H3. The predicted molar refractivity (Wildman–Crippen MR) is 102 cm³/mol. The first-order valence-corrected chi connectivity index (χ1v) is 9.00. The number of nitrogens with zero attached hydrogens (tertiary/aromatic N) is 4. The fourth-order valence-electron chi connectivity index (χ4n) is 4.07. The van der Waals surface area contributed by atoms with Crippen molar-refractivity contribution in [3.05, 3.63) is 54.9 Å². The Morgan fingerprint density at radius 1 is 1.23 bits per heavy atom. The molecule has 0 saturated carbocycles. The van der Waals surface area contributed by atoms with Gasteiger partial charge in [0.2, 0.25) is 0 Å². The number of H-pyrrole nitrogens is 1. The molecule has 1 N–H and O–H groups in total. The number of hydrogen-bond donors (Lipinski definition) is 1. The summed E-state index contributed by atoms with van der Waals surface area (Å²) in [6.45, 7) is 2.00. The van der Waals surface area contributed by atoms with Gasteiger partial charge in [0.1, 0.15) is 11.3 Å². The zero-order valence-corrected chi connectivity index (χ0v) is 14.7. The lowest BCUT2D eigenvalue weighted by Crippen LogP contribution is -2.33. The highest BCUT2D eigenvalue weighted by molar-refractivity contribution is 5.85. The molecule has 0 bridgehead atoms. The van der Waals surface area contributed by atoms with E-state index < -0.39 is 0 Å². The smallest absolute Gasteiger partial charge is 0.154 e. The van der Waals surface area contributed by atoms with E-state index in [1.807, 2.05) is 35.4 Å². The van der Waals surface area contributed by atoms with E-state index in [-0.39, 0.29) is 0 Å². The minimum atomic E-state index is 0.553. The van der Waals surface area contributed by atoms with Gasteiger partial charge in [-0.25, -0.2) is 9.97 Å². The van der Waals surface area contributed by atoms with Gasteiger partial charge in [0, 0.05) is 42.6 Å². The fraction of sp³-hybridized carbons (Fsp3) is 0.300. The molecule has 4 aromatic rings. The summed E-state index contributed by atoms with van der Waals surface area (Å²) < 4.78 is 7.43. The molecule has 1 aliphatic rings. The first kappa shape index (κ1) is 15.3. The molecule has 26 heavy (non-hydrogen) atoms. The van der Waals surface area contributed by atoms with E-state index in [0.29, 0.717) is 5.92 Å². The fourth-order valence-corrected chi connectivity index (χ4v) is 4.07. The van der Waals surface area contributed by atoms with Crippen LogP contribution in [0.5, 0.6) is 5.75 Å². The minimum absolute atomic E-state index is 0.553. The number of hydrogen-bond acceptors (Lipinski definition) is 4. The van der Waals surface area contributed by atoms with Crippen LogP contribution in [0.2, 0.25) is 0 Å². The first-order valence-electron chi connectivity index (χ1n) is 9.00. The van der Waals surface area contributed by atoms with Crippen molar-refractivity contribution >= 4 is 22.2 Å². The Balaban J connectivity index is 1.40. The summed E-state index contributed by atoms with van der Waals surface area (Å²) in [4.78, 5) is 14.6. The number of aromatic nitrogens is 4. The lowest BCUT2D eigenvalue weighted by atomic mass is 9.89. The highest BCUT2D eigenvalue weighted by Gasteiger charge is 2.24. The summed E-state index contributed by atoms with van der Waals surface area (Å²) in [5.41, 5.74) is 3.64. The summed E-state index contributed by atoms with van der Waals surface area (Å²) in [5.74, 6) is 2.49. The van der Waals surface area contributed by atoms with Crippen LogP contribution >= 0.6 is 0 Å². The molecule has 1 aromatic carbocycles.